The van der Waals surface area contributed by atoms with Crippen LogP contribution in [0.3, 0.4) is 0 Å². The second-order valence-electron chi connectivity index (χ2n) is 4.26. The summed E-state index contributed by atoms with van der Waals surface area (Å²) in [6.07, 6.45) is 3.31. The zero-order valence-corrected chi connectivity index (χ0v) is 10.6. The molecular formula is C9H19NO3S2. The summed E-state index contributed by atoms with van der Waals surface area (Å²) >= 11 is 1.47. The van der Waals surface area contributed by atoms with Crippen LogP contribution in [0.4, 0.5) is 0 Å². The van der Waals surface area contributed by atoms with Gasteiger partial charge in [0.1, 0.15) is 9.84 Å². The Labute approximate surface area is 95.5 Å². The zero-order valence-electron chi connectivity index (χ0n) is 8.98. The van der Waals surface area contributed by atoms with Crippen molar-refractivity contribution in [1.29, 1.82) is 0 Å². The summed E-state index contributed by atoms with van der Waals surface area (Å²) in [5.74, 6) is 1.58. The lowest BCUT2D eigenvalue weighted by Gasteiger charge is -2.25. The lowest BCUT2D eigenvalue weighted by Crippen LogP contribution is -2.42. The standard InChI is InChI=1S/C9H19NO3S2/c1-15(12,13)5-4-14-7-9(11,6-10)8-2-3-8/h8,11H,2-7,10H2,1H3. The molecule has 1 saturated carbocycles. The van der Waals surface area contributed by atoms with Gasteiger partial charge in [0.25, 0.3) is 0 Å². The van der Waals surface area contributed by atoms with E-state index >= 15 is 0 Å². The van der Waals surface area contributed by atoms with E-state index in [9.17, 15) is 13.5 Å². The fourth-order valence-electron chi connectivity index (χ4n) is 1.42. The number of hydrogen-bond acceptors (Lipinski definition) is 5. The maximum absolute atomic E-state index is 10.9. The molecule has 6 heteroatoms. The third-order valence-corrected chi connectivity index (χ3v) is 5.04. The Morgan fingerprint density at radius 2 is 2.13 bits per heavy atom. The van der Waals surface area contributed by atoms with Gasteiger partial charge in [0, 0.05) is 24.3 Å². The third-order valence-electron chi connectivity index (χ3n) is 2.64. The van der Waals surface area contributed by atoms with Crippen LogP contribution in [0.5, 0.6) is 0 Å². The van der Waals surface area contributed by atoms with Crippen LogP contribution in [0.15, 0.2) is 0 Å². The molecule has 1 atom stereocenters. The minimum atomic E-state index is -2.89. The summed E-state index contributed by atoms with van der Waals surface area (Å²) in [7, 11) is -2.89. The normalized spacial score (nSPS) is 21.3. The average molecular weight is 253 g/mol. The number of aliphatic hydroxyl groups is 1. The highest BCUT2D eigenvalue weighted by molar-refractivity contribution is 8.00. The average Bonchev–Trinajstić information content (AvgIpc) is 2.93. The van der Waals surface area contributed by atoms with Crippen molar-refractivity contribution in [3.05, 3.63) is 0 Å². The molecule has 0 aromatic heterocycles. The molecule has 15 heavy (non-hydrogen) atoms. The van der Waals surface area contributed by atoms with Gasteiger partial charge in [-0.15, -0.1) is 0 Å². The van der Waals surface area contributed by atoms with E-state index in [4.69, 9.17) is 5.73 Å². The van der Waals surface area contributed by atoms with Crippen molar-refractivity contribution >= 4 is 21.6 Å². The van der Waals surface area contributed by atoms with Crippen molar-refractivity contribution in [2.75, 3.05) is 30.1 Å². The minimum Gasteiger partial charge on any atom is -0.387 e. The molecule has 1 fully saturated rings. The molecule has 0 aliphatic heterocycles. The van der Waals surface area contributed by atoms with Gasteiger partial charge in [0.2, 0.25) is 0 Å². The Balaban J connectivity index is 2.23. The molecule has 0 amide bonds. The van der Waals surface area contributed by atoms with Crippen LogP contribution >= 0.6 is 11.8 Å². The summed E-state index contributed by atoms with van der Waals surface area (Å²) in [6, 6.07) is 0. The molecule has 0 radical (unpaired) electrons. The largest absolute Gasteiger partial charge is 0.387 e. The highest BCUT2D eigenvalue weighted by Gasteiger charge is 2.42. The van der Waals surface area contributed by atoms with E-state index in [1.165, 1.54) is 18.0 Å². The second-order valence-corrected chi connectivity index (χ2v) is 7.63. The minimum absolute atomic E-state index is 0.170. The first-order chi connectivity index (χ1) is 6.87. The topological polar surface area (TPSA) is 80.4 Å². The fraction of sp³-hybridized carbons (Fsp3) is 1.00. The van der Waals surface area contributed by atoms with Crippen molar-refractivity contribution in [3.8, 4) is 0 Å². The SMILES string of the molecule is CS(=O)(=O)CCSCC(O)(CN)C1CC1. The van der Waals surface area contributed by atoms with Crippen molar-refractivity contribution < 1.29 is 13.5 Å². The van der Waals surface area contributed by atoms with Gasteiger partial charge in [-0.3, -0.25) is 0 Å². The Kier molecular flexibility index (Phi) is 4.46. The molecule has 1 aliphatic rings. The molecule has 3 N–H and O–H groups in total. The first-order valence-electron chi connectivity index (χ1n) is 5.05. The van der Waals surface area contributed by atoms with Gasteiger partial charge in [-0.05, 0) is 18.8 Å². The van der Waals surface area contributed by atoms with Crippen LogP contribution in [0.2, 0.25) is 0 Å². The molecule has 0 aromatic rings. The van der Waals surface area contributed by atoms with Gasteiger partial charge in [0.05, 0.1) is 11.4 Å². The van der Waals surface area contributed by atoms with Gasteiger partial charge in [-0.1, -0.05) is 0 Å². The molecule has 0 spiro atoms. The second kappa shape index (κ2) is 5.03. The number of sulfone groups is 1. The van der Waals surface area contributed by atoms with Crippen LogP contribution in [0.1, 0.15) is 12.8 Å². The van der Waals surface area contributed by atoms with Crippen LogP contribution < -0.4 is 5.73 Å². The molecule has 0 bridgehead atoms. The van der Waals surface area contributed by atoms with Crippen molar-refractivity contribution in [2.24, 2.45) is 11.7 Å². The van der Waals surface area contributed by atoms with E-state index < -0.39 is 15.4 Å². The van der Waals surface area contributed by atoms with Gasteiger partial charge in [0.15, 0.2) is 0 Å². The molecule has 0 aromatic carbocycles. The molecule has 1 unspecified atom stereocenters. The predicted molar refractivity (Wildman–Crippen MR) is 63.8 cm³/mol. The molecule has 0 saturated heterocycles. The summed E-state index contributed by atoms with van der Waals surface area (Å²) in [5.41, 5.74) is 4.76. The molecule has 1 rings (SSSR count). The van der Waals surface area contributed by atoms with Crippen molar-refractivity contribution in [1.82, 2.24) is 0 Å². The number of nitrogens with two attached hydrogens (primary N) is 1. The Morgan fingerprint density at radius 3 is 2.53 bits per heavy atom. The molecule has 1 aliphatic carbocycles. The predicted octanol–water partition coefficient (Wildman–Crippen LogP) is -0.136. The first-order valence-corrected chi connectivity index (χ1v) is 8.27. The van der Waals surface area contributed by atoms with Gasteiger partial charge in [-0.25, -0.2) is 8.42 Å². The summed E-state index contributed by atoms with van der Waals surface area (Å²) in [6.45, 7) is 0.267. The summed E-state index contributed by atoms with van der Waals surface area (Å²) in [4.78, 5) is 0. The quantitative estimate of drug-likeness (QED) is 0.618. The number of rotatable bonds is 7. The van der Waals surface area contributed by atoms with Crippen LogP contribution in [-0.4, -0.2) is 49.2 Å². The lowest BCUT2D eigenvalue weighted by atomic mass is 10.0. The zero-order chi connectivity index (χ0) is 11.5. The molecule has 90 valence electrons. The fourth-order valence-corrected chi connectivity index (χ4v) is 3.96. The van der Waals surface area contributed by atoms with E-state index in [0.29, 0.717) is 17.4 Å². The van der Waals surface area contributed by atoms with Gasteiger partial charge >= 0.3 is 0 Å². The van der Waals surface area contributed by atoms with Crippen LogP contribution in [0.25, 0.3) is 0 Å². The van der Waals surface area contributed by atoms with Gasteiger partial charge < -0.3 is 10.8 Å². The van der Waals surface area contributed by atoms with Crippen molar-refractivity contribution in [3.63, 3.8) is 0 Å². The Hall–Kier alpha value is 0.220. The molecular weight excluding hydrogens is 234 g/mol. The van der Waals surface area contributed by atoms with E-state index in [0.717, 1.165) is 12.8 Å². The number of thioether (sulfide) groups is 1. The molecule has 0 heterocycles. The van der Waals surface area contributed by atoms with E-state index in [-0.39, 0.29) is 12.3 Å². The van der Waals surface area contributed by atoms with Crippen LogP contribution in [-0.2, 0) is 9.84 Å². The maximum atomic E-state index is 10.9. The summed E-state index contributed by atoms with van der Waals surface area (Å²) in [5, 5.41) is 10.1. The highest BCUT2D eigenvalue weighted by atomic mass is 32.2. The first kappa shape index (κ1) is 13.3. The Morgan fingerprint density at radius 1 is 1.53 bits per heavy atom. The van der Waals surface area contributed by atoms with Crippen molar-refractivity contribution in [2.45, 2.75) is 18.4 Å². The monoisotopic (exact) mass is 253 g/mol. The maximum Gasteiger partial charge on any atom is 0.148 e. The van der Waals surface area contributed by atoms with Gasteiger partial charge in [-0.2, -0.15) is 11.8 Å². The lowest BCUT2D eigenvalue weighted by molar-refractivity contribution is 0.0510. The summed E-state index contributed by atoms with van der Waals surface area (Å²) < 4.78 is 21.7. The van der Waals surface area contributed by atoms with E-state index in [1.807, 2.05) is 0 Å². The Bertz CT molecular complexity index is 300. The molecule has 4 nitrogen and oxygen atoms in total. The van der Waals surface area contributed by atoms with E-state index in [2.05, 4.69) is 0 Å². The van der Waals surface area contributed by atoms with E-state index in [1.54, 1.807) is 0 Å². The smallest absolute Gasteiger partial charge is 0.148 e. The number of hydrogen-bond donors (Lipinski definition) is 2. The van der Waals surface area contributed by atoms with Crippen LogP contribution in [0, 0.1) is 5.92 Å². The third kappa shape index (κ3) is 4.72. The highest BCUT2D eigenvalue weighted by Crippen LogP contribution is 2.40.